The van der Waals surface area contributed by atoms with E-state index in [-0.39, 0.29) is 5.91 Å². The summed E-state index contributed by atoms with van der Waals surface area (Å²) in [6.07, 6.45) is 5.19. The van der Waals surface area contributed by atoms with Gasteiger partial charge in [0.2, 0.25) is 0 Å². The van der Waals surface area contributed by atoms with E-state index in [4.69, 9.17) is 5.73 Å². The van der Waals surface area contributed by atoms with Gasteiger partial charge in [-0.25, -0.2) is 0 Å². The molecule has 0 aliphatic heterocycles. The van der Waals surface area contributed by atoms with Gasteiger partial charge in [0.25, 0.3) is 5.91 Å². The van der Waals surface area contributed by atoms with E-state index in [1.807, 2.05) is 4.68 Å². The van der Waals surface area contributed by atoms with Gasteiger partial charge in [-0.2, -0.15) is 5.10 Å². The zero-order valence-electron chi connectivity index (χ0n) is 9.94. The molecule has 1 fully saturated rings. The molecule has 1 heterocycles. The van der Waals surface area contributed by atoms with Crippen molar-refractivity contribution in [2.75, 3.05) is 0 Å². The molecule has 1 aliphatic rings. The van der Waals surface area contributed by atoms with Gasteiger partial charge in [0.1, 0.15) is 0 Å². The minimum absolute atomic E-state index is 0.363. The molecule has 1 aromatic rings. The Labute approximate surface area is 95.8 Å². The Morgan fingerprint density at radius 3 is 2.81 bits per heavy atom. The lowest BCUT2D eigenvalue weighted by Gasteiger charge is -2.02. The van der Waals surface area contributed by atoms with Crippen molar-refractivity contribution in [3.05, 3.63) is 17.5 Å². The van der Waals surface area contributed by atoms with Crippen LogP contribution in [0.3, 0.4) is 0 Å². The Morgan fingerprint density at radius 2 is 2.31 bits per heavy atom. The SMILES string of the molecule is CC(C)Cc1nn(CC2CC2)cc1C(N)=O. The summed E-state index contributed by atoms with van der Waals surface area (Å²) in [6.45, 7) is 5.16. The van der Waals surface area contributed by atoms with E-state index in [9.17, 15) is 4.79 Å². The summed E-state index contributed by atoms with van der Waals surface area (Å²) in [4.78, 5) is 11.3. The van der Waals surface area contributed by atoms with Crippen molar-refractivity contribution >= 4 is 5.91 Å². The Morgan fingerprint density at radius 1 is 1.62 bits per heavy atom. The zero-order chi connectivity index (χ0) is 11.7. The van der Waals surface area contributed by atoms with Crippen LogP contribution < -0.4 is 5.73 Å². The van der Waals surface area contributed by atoms with Gasteiger partial charge in [-0.3, -0.25) is 9.48 Å². The lowest BCUT2D eigenvalue weighted by molar-refractivity contribution is 0.0999. The molecule has 16 heavy (non-hydrogen) atoms. The van der Waals surface area contributed by atoms with E-state index in [1.165, 1.54) is 12.8 Å². The lowest BCUT2D eigenvalue weighted by Crippen LogP contribution is -2.13. The number of aromatic nitrogens is 2. The van der Waals surface area contributed by atoms with Crippen LogP contribution >= 0.6 is 0 Å². The number of amides is 1. The third-order valence-electron chi connectivity index (χ3n) is 2.85. The number of carbonyl (C=O) groups excluding carboxylic acids is 1. The summed E-state index contributed by atoms with van der Waals surface area (Å²) < 4.78 is 1.88. The number of carbonyl (C=O) groups is 1. The number of nitrogens with two attached hydrogens (primary N) is 1. The van der Waals surface area contributed by atoms with Crippen LogP contribution in [0.5, 0.6) is 0 Å². The molecule has 88 valence electrons. The van der Waals surface area contributed by atoms with E-state index in [1.54, 1.807) is 6.20 Å². The van der Waals surface area contributed by atoms with Crippen molar-refractivity contribution in [3.8, 4) is 0 Å². The van der Waals surface area contributed by atoms with Crippen molar-refractivity contribution in [1.82, 2.24) is 9.78 Å². The van der Waals surface area contributed by atoms with Crippen molar-refractivity contribution in [2.24, 2.45) is 17.6 Å². The van der Waals surface area contributed by atoms with Crippen LogP contribution in [0, 0.1) is 11.8 Å². The van der Waals surface area contributed by atoms with Crippen LogP contribution in [0.15, 0.2) is 6.20 Å². The van der Waals surface area contributed by atoms with Crippen LogP contribution in [-0.2, 0) is 13.0 Å². The lowest BCUT2D eigenvalue weighted by atomic mass is 10.1. The Kier molecular flexibility index (Phi) is 2.99. The molecule has 0 saturated heterocycles. The summed E-state index contributed by atoms with van der Waals surface area (Å²) in [5.41, 5.74) is 6.80. The second kappa shape index (κ2) is 4.28. The molecule has 0 atom stereocenters. The maximum absolute atomic E-state index is 11.3. The molecule has 0 radical (unpaired) electrons. The number of hydrogen-bond acceptors (Lipinski definition) is 2. The largest absolute Gasteiger partial charge is 0.365 e. The summed E-state index contributed by atoms with van der Waals surface area (Å²) in [5.74, 6) is 0.882. The molecule has 0 unspecified atom stereocenters. The first-order valence-electron chi connectivity index (χ1n) is 5.92. The molecule has 2 rings (SSSR count). The maximum atomic E-state index is 11.3. The van der Waals surface area contributed by atoms with E-state index < -0.39 is 0 Å². The normalized spacial score (nSPS) is 15.7. The van der Waals surface area contributed by atoms with Crippen molar-refractivity contribution < 1.29 is 4.79 Å². The third-order valence-corrected chi connectivity index (χ3v) is 2.85. The third kappa shape index (κ3) is 2.62. The number of primary amides is 1. The van der Waals surface area contributed by atoms with Gasteiger partial charge in [0, 0.05) is 12.7 Å². The van der Waals surface area contributed by atoms with Crippen LogP contribution in [0.1, 0.15) is 42.7 Å². The first-order valence-corrected chi connectivity index (χ1v) is 5.92. The molecule has 1 aliphatic carbocycles. The minimum atomic E-state index is -0.363. The molecule has 1 saturated carbocycles. The molecule has 0 spiro atoms. The number of rotatable bonds is 5. The van der Waals surface area contributed by atoms with E-state index in [0.717, 1.165) is 24.6 Å². The molecular weight excluding hydrogens is 202 g/mol. The van der Waals surface area contributed by atoms with Crippen LogP contribution in [0.4, 0.5) is 0 Å². The van der Waals surface area contributed by atoms with Crippen molar-refractivity contribution in [1.29, 1.82) is 0 Å². The fourth-order valence-electron chi connectivity index (χ4n) is 1.86. The fourth-order valence-corrected chi connectivity index (χ4v) is 1.86. The van der Waals surface area contributed by atoms with Gasteiger partial charge in [0.15, 0.2) is 0 Å². The van der Waals surface area contributed by atoms with E-state index in [2.05, 4.69) is 18.9 Å². The van der Waals surface area contributed by atoms with Crippen LogP contribution in [0.2, 0.25) is 0 Å². The van der Waals surface area contributed by atoms with Gasteiger partial charge < -0.3 is 5.73 Å². The van der Waals surface area contributed by atoms with E-state index in [0.29, 0.717) is 11.5 Å². The molecular formula is C12H19N3O. The molecule has 1 amide bonds. The van der Waals surface area contributed by atoms with Gasteiger partial charge in [-0.1, -0.05) is 13.8 Å². The van der Waals surface area contributed by atoms with Crippen LogP contribution in [0.25, 0.3) is 0 Å². The highest BCUT2D eigenvalue weighted by molar-refractivity contribution is 5.93. The molecule has 1 aromatic heterocycles. The first-order chi connectivity index (χ1) is 7.56. The second-order valence-corrected chi connectivity index (χ2v) is 5.12. The first kappa shape index (κ1) is 11.2. The summed E-state index contributed by atoms with van der Waals surface area (Å²) >= 11 is 0. The molecule has 2 N–H and O–H groups in total. The highest BCUT2D eigenvalue weighted by Crippen LogP contribution is 2.30. The number of nitrogens with zero attached hydrogens (tertiary/aromatic N) is 2. The summed E-state index contributed by atoms with van der Waals surface area (Å²) in [7, 11) is 0. The van der Waals surface area contributed by atoms with Crippen molar-refractivity contribution in [3.63, 3.8) is 0 Å². The average Bonchev–Trinajstić information content (AvgIpc) is 2.87. The van der Waals surface area contributed by atoms with Crippen molar-refractivity contribution in [2.45, 2.75) is 39.7 Å². The zero-order valence-corrected chi connectivity index (χ0v) is 9.94. The standard InChI is InChI=1S/C12H19N3O/c1-8(2)5-11-10(12(13)16)7-15(14-11)6-9-3-4-9/h7-9H,3-6H2,1-2H3,(H2,13,16). The Hall–Kier alpha value is -1.32. The monoisotopic (exact) mass is 221 g/mol. The maximum Gasteiger partial charge on any atom is 0.252 e. The quantitative estimate of drug-likeness (QED) is 0.820. The Bertz CT molecular complexity index is 391. The van der Waals surface area contributed by atoms with Gasteiger partial charge in [-0.15, -0.1) is 0 Å². The molecule has 0 bridgehead atoms. The summed E-state index contributed by atoms with van der Waals surface area (Å²) in [5, 5.41) is 4.47. The predicted octanol–water partition coefficient (Wildman–Crippen LogP) is 1.59. The summed E-state index contributed by atoms with van der Waals surface area (Å²) in [6, 6.07) is 0. The highest BCUT2D eigenvalue weighted by atomic mass is 16.1. The highest BCUT2D eigenvalue weighted by Gasteiger charge is 2.23. The van der Waals surface area contributed by atoms with Crippen LogP contribution in [-0.4, -0.2) is 15.7 Å². The number of hydrogen-bond donors (Lipinski definition) is 1. The molecule has 0 aromatic carbocycles. The minimum Gasteiger partial charge on any atom is -0.365 e. The Balaban J connectivity index is 2.18. The molecule has 4 nitrogen and oxygen atoms in total. The van der Waals surface area contributed by atoms with Gasteiger partial charge >= 0.3 is 0 Å². The fraction of sp³-hybridized carbons (Fsp3) is 0.667. The topological polar surface area (TPSA) is 60.9 Å². The van der Waals surface area contributed by atoms with E-state index >= 15 is 0 Å². The average molecular weight is 221 g/mol. The predicted molar refractivity (Wildman–Crippen MR) is 62.0 cm³/mol. The smallest absolute Gasteiger partial charge is 0.252 e. The van der Waals surface area contributed by atoms with Gasteiger partial charge in [-0.05, 0) is 31.1 Å². The second-order valence-electron chi connectivity index (χ2n) is 5.12. The van der Waals surface area contributed by atoms with Gasteiger partial charge in [0.05, 0.1) is 11.3 Å². The molecule has 4 heteroatoms.